The number of hydrogen-bond donors (Lipinski definition) is 1. The highest BCUT2D eigenvalue weighted by atomic mass is 32.2. The van der Waals surface area contributed by atoms with Crippen molar-refractivity contribution in [3.8, 4) is 0 Å². The number of aryl methyl sites for hydroxylation is 2. The molecule has 1 aromatic carbocycles. The summed E-state index contributed by atoms with van der Waals surface area (Å²) in [7, 11) is 3.02. The molecule has 8 nitrogen and oxygen atoms in total. The Balaban J connectivity index is 1.92. The number of carbonyl (C=O) groups excluding carboxylic acids is 2. The van der Waals surface area contributed by atoms with Gasteiger partial charge in [-0.3, -0.25) is 23.5 Å². The van der Waals surface area contributed by atoms with Crippen LogP contribution in [0.5, 0.6) is 0 Å². The van der Waals surface area contributed by atoms with E-state index in [0.29, 0.717) is 27.2 Å². The van der Waals surface area contributed by atoms with Gasteiger partial charge in [-0.1, -0.05) is 13.3 Å². The summed E-state index contributed by atoms with van der Waals surface area (Å²) in [4.78, 5) is 54.3. The number of unbranched alkanes of at least 4 members (excludes halogenated alkanes) is 1. The molecule has 9 heteroatoms. The van der Waals surface area contributed by atoms with Gasteiger partial charge in [-0.05, 0) is 49.6 Å². The molecule has 1 amide bonds. The van der Waals surface area contributed by atoms with Crippen LogP contribution in [0.25, 0.3) is 11.0 Å². The maximum atomic E-state index is 12.9. The van der Waals surface area contributed by atoms with Crippen LogP contribution in [0.4, 0.5) is 5.69 Å². The number of nitrogens with zero attached hydrogens (tertiary/aromatic N) is 3. The third-order valence-electron chi connectivity index (χ3n) is 5.22. The van der Waals surface area contributed by atoms with Gasteiger partial charge in [-0.2, -0.15) is 0 Å². The van der Waals surface area contributed by atoms with Crippen molar-refractivity contribution in [1.29, 1.82) is 0 Å². The van der Waals surface area contributed by atoms with Gasteiger partial charge < -0.3 is 5.32 Å². The van der Waals surface area contributed by atoms with Gasteiger partial charge in [0.25, 0.3) is 5.56 Å². The van der Waals surface area contributed by atoms with Gasteiger partial charge in [0, 0.05) is 36.4 Å². The minimum absolute atomic E-state index is 0.0430. The van der Waals surface area contributed by atoms with Gasteiger partial charge in [-0.15, -0.1) is 11.8 Å². The summed E-state index contributed by atoms with van der Waals surface area (Å²) in [5.41, 5.74) is 1.49. The smallest absolute Gasteiger partial charge is 0.325 e. The van der Waals surface area contributed by atoms with Crippen molar-refractivity contribution in [2.24, 2.45) is 14.1 Å². The molecule has 3 rings (SSSR count). The molecule has 0 aliphatic heterocycles. The lowest BCUT2D eigenvalue weighted by molar-refractivity contribution is -0.113. The number of nitrogens with one attached hydrogen (secondary N) is 1. The molecule has 0 saturated heterocycles. The molecule has 0 aliphatic carbocycles. The van der Waals surface area contributed by atoms with Crippen LogP contribution in [-0.4, -0.2) is 31.6 Å². The number of ketones is 1. The van der Waals surface area contributed by atoms with Gasteiger partial charge in [0.2, 0.25) is 5.91 Å². The number of anilines is 1. The van der Waals surface area contributed by atoms with Crippen LogP contribution in [0.15, 0.2) is 44.9 Å². The Bertz CT molecular complexity index is 1290. The van der Waals surface area contributed by atoms with Crippen molar-refractivity contribution in [2.45, 2.75) is 38.0 Å². The van der Waals surface area contributed by atoms with E-state index in [1.54, 1.807) is 37.5 Å². The van der Waals surface area contributed by atoms with E-state index in [-0.39, 0.29) is 17.4 Å². The highest BCUT2D eigenvalue weighted by Gasteiger charge is 2.18. The summed E-state index contributed by atoms with van der Waals surface area (Å²) < 4.78 is 2.41. The molecule has 0 radical (unpaired) electrons. The zero-order valence-electron chi connectivity index (χ0n) is 18.6. The summed E-state index contributed by atoms with van der Waals surface area (Å²) in [6.45, 7) is 3.56. The topological polar surface area (TPSA) is 103 Å². The van der Waals surface area contributed by atoms with Crippen LogP contribution < -0.4 is 16.6 Å². The van der Waals surface area contributed by atoms with Crippen LogP contribution in [-0.2, 0) is 25.3 Å². The molecular formula is C23H26N4O4S. The largest absolute Gasteiger partial charge is 0.332 e. The normalized spacial score (nSPS) is 11.0. The van der Waals surface area contributed by atoms with Gasteiger partial charge in [0.15, 0.2) is 5.78 Å². The second kappa shape index (κ2) is 9.95. The second-order valence-corrected chi connectivity index (χ2v) is 8.58. The first-order chi connectivity index (χ1) is 15.2. The summed E-state index contributed by atoms with van der Waals surface area (Å²) in [5, 5.41) is 3.16. The van der Waals surface area contributed by atoms with Crippen LogP contribution in [0.1, 0.15) is 42.6 Å². The number of benzene rings is 1. The Kier molecular flexibility index (Phi) is 7.29. The van der Waals surface area contributed by atoms with Crippen molar-refractivity contribution in [2.75, 3.05) is 11.1 Å². The molecule has 32 heavy (non-hydrogen) atoms. The molecule has 0 saturated carbocycles. The number of amides is 1. The molecule has 2 heterocycles. The van der Waals surface area contributed by atoms with Crippen LogP contribution in [0.3, 0.4) is 0 Å². The average molecular weight is 455 g/mol. The third kappa shape index (κ3) is 4.83. The first-order valence-corrected chi connectivity index (χ1v) is 11.3. The van der Waals surface area contributed by atoms with Crippen LogP contribution in [0.2, 0.25) is 0 Å². The second-order valence-electron chi connectivity index (χ2n) is 7.59. The number of thioether (sulfide) groups is 1. The number of rotatable bonds is 8. The molecule has 0 spiro atoms. The first-order valence-electron chi connectivity index (χ1n) is 10.4. The maximum Gasteiger partial charge on any atom is 0.332 e. The summed E-state index contributed by atoms with van der Waals surface area (Å²) in [6.07, 6.45) is 4.31. The quantitative estimate of drug-likeness (QED) is 0.415. The van der Waals surface area contributed by atoms with E-state index in [4.69, 9.17) is 0 Å². The molecular weight excluding hydrogens is 428 g/mol. The predicted octanol–water partition coefficient (Wildman–Crippen LogP) is 2.91. The predicted molar refractivity (Wildman–Crippen MR) is 127 cm³/mol. The molecule has 0 unspecified atom stereocenters. The Morgan fingerprint density at radius 3 is 2.41 bits per heavy atom. The number of carbonyl (C=O) groups is 2. The molecule has 1 N–H and O–H groups in total. The minimum atomic E-state index is -0.445. The summed E-state index contributed by atoms with van der Waals surface area (Å²) >= 11 is 1.26. The first kappa shape index (κ1) is 23.5. The molecule has 2 aromatic heterocycles. The zero-order chi connectivity index (χ0) is 23.4. The zero-order valence-corrected chi connectivity index (χ0v) is 19.4. The van der Waals surface area contributed by atoms with E-state index in [1.807, 2.05) is 0 Å². The minimum Gasteiger partial charge on any atom is -0.325 e. The Morgan fingerprint density at radius 1 is 1.09 bits per heavy atom. The number of Topliss-reactive ketones (excluding diaryl/α,β-unsaturated/α-hetero) is 1. The van der Waals surface area contributed by atoms with E-state index < -0.39 is 11.2 Å². The van der Waals surface area contributed by atoms with Crippen molar-refractivity contribution in [1.82, 2.24) is 14.1 Å². The van der Waals surface area contributed by atoms with Gasteiger partial charge in [-0.25, -0.2) is 9.78 Å². The lowest BCUT2D eigenvalue weighted by Crippen LogP contribution is -2.37. The van der Waals surface area contributed by atoms with Crippen molar-refractivity contribution >= 4 is 40.2 Å². The van der Waals surface area contributed by atoms with Crippen molar-refractivity contribution in [3.63, 3.8) is 0 Å². The van der Waals surface area contributed by atoms with E-state index in [0.717, 1.165) is 29.4 Å². The van der Waals surface area contributed by atoms with Gasteiger partial charge in [0.05, 0.1) is 11.1 Å². The molecule has 168 valence electrons. The number of fused-ring (bicyclic) bond motifs is 1. The monoisotopic (exact) mass is 454 g/mol. The highest BCUT2D eigenvalue weighted by Crippen LogP contribution is 2.29. The third-order valence-corrected chi connectivity index (χ3v) is 6.38. The molecule has 3 aromatic rings. The van der Waals surface area contributed by atoms with E-state index in [9.17, 15) is 19.2 Å². The summed E-state index contributed by atoms with van der Waals surface area (Å²) in [5.74, 6) is -0.198. The standard InChI is InChI=1S/C23H26N4O4S/c1-5-6-7-16-12-24-21-19(22(30)27(4)23(31)26(21)3)20(16)32-13-18(29)25-17-10-8-15(9-11-17)14(2)28/h8-12H,5-7,13H2,1-4H3,(H,25,29). The molecule has 0 fully saturated rings. The van der Waals surface area contributed by atoms with Crippen LogP contribution >= 0.6 is 11.8 Å². The van der Waals surface area contributed by atoms with Crippen LogP contribution in [0, 0.1) is 0 Å². The summed E-state index contributed by atoms with van der Waals surface area (Å²) in [6, 6.07) is 6.68. The number of pyridine rings is 1. The fourth-order valence-electron chi connectivity index (χ4n) is 3.37. The van der Waals surface area contributed by atoms with Crippen molar-refractivity contribution < 1.29 is 9.59 Å². The fraction of sp³-hybridized carbons (Fsp3) is 0.348. The highest BCUT2D eigenvalue weighted by molar-refractivity contribution is 8.00. The maximum absolute atomic E-state index is 12.9. The SMILES string of the molecule is CCCCc1cnc2c(c1SCC(=O)Nc1ccc(C(C)=O)cc1)c(=O)n(C)c(=O)n2C. The molecule has 0 atom stereocenters. The Labute approximate surface area is 189 Å². The van der Waals surface area contributed by atoms with E-state index in [1.165, 1.54) is 30.3 Å². The van der Waals surface area contributed by atoms with E-state index in [2.05, 4.69) is 17.2 Å². The number of hydrogen-bond acceptors (Lipinski definition) is 6. The van der Waals surface area contributed by atoms with Gasteiger partial charge >= 0.3 is 5.69 Å². The average Bonchev–Trinajstić information content (AvgIpc) is 2.78. The van der Waals surface area contributed by atoms with E-state index >= 15 is 0 Å². The number of aromatic nitrogens is 3. The Hall–Kier alpha value is -3.20. The Morgan fingerprint density at radius 2 is 1.78 bits per heavy atom. The lowest BCUT2D eigenvalue weighted by Gasteiger charge is -2.14. The fourth-order valence-corrected chi connectivity index (χ4v) is 4.39. The lowest BCUT2D eigenvalue weighted by atomic mass is 10.1. The molecule has 0 bridgehead atoms. The molecule has 0 aliphatic rings. The van der Waals surface area contributed by atoms with Crippen molar-refractivity contribution in [3.05, 3.63) is 62.4 Å². The van der Waals surface area contributed by atoms with Gasteiger partial charge in [0.1, 0.15) is 5.65 Å².